The Morgan fingerprint density at radius 3 is 2.87 bits per heavy atom. The fraction of sp³-hybridized carbons (Fsp3) is 0.417. The van der Waals surface area contributed by atoms with Crippen molar-refractivity contribution in [3.63, 3.8) is 0 Å². The van der Waals surface area contributed by atoms with Crippen LogP contribution in [0.1, 0.15) is 32.6 Å². The van der Waals surface area contributed by atoms with Gasteiger partial charge >= 0.3 is 5.97 Å². The number of carbonyl (C=O) groups is 1. The van der Waals surface area contributed by atoms with Gasteiger partial charge in [0.15, 0.2) is 0 Å². The standard InChI is InChI=1S/C12H13IO2/c1-7-5-9-6-15-12(14)11(9)8(2)10(7)3-4-13/h5H,3-4,6H2,1-2H3. The van der Waals surface area contributed by atoms with E-state index >= 15 is 0 Å². The summed E-state index contributed by atoms with van der Waals surface area (Å²) >= 11 is 2.36. The topological polar surface area (TPSA) is 26.3 Å². The molecule has 2 rings (SSSR count). The number of fused-ring (bicyclic) bond motifs is 1. The lowest BCUT2D eigenvalue weighted by molar-refractivity contribution is 0.0534. The number of halogens is 1. The van der Waals surface area contributed by atoms with E-state index in [0.717, 1.165) is 27.5 Å². The lowest BCUT2D eigenvalue weighted by Gasteiger charge is -2.11. The van der Waals surface area contributed by atoms with Gasteiger partial charge in [0.2, 0.25) is 0 Å². The Hall–Kier alpha value is -0.580. The molecule has 1 aromatic rings. The van der Waals surface area contributed by atoms with Gasteiger partial charge in [-0.25, -0.2) is 4.79 Å². The van der Waals surface area contributed by atoms with E-state index in [1.165, 1.54) is 11.1 Å². The summed E-state index contributed by atoms with van der Waals surface area (Å²) in [7, 11) is 0. The minimum atomic E-state index is -0.155. The van der Waals surface area contributed by atoms with Crippen molar-refractivity contribution in [3.05, 3.63) is 33.9 Å². The normalized spacial score (nSPS) is 13.9. The second-order valence-electron chi connectivity index (χ2n) is 3.85. The molecule has 0 spiro atoms. The van der Waals surface area contributed by atoms with Crippen LogP contribution in [0, 0.1) is 13.8 Å². The molecule has 0 fully saturated rings. The Morgan fingerprint density at radius 1 is 1.47 bits per heavy atom. The van der Waals surface area contributed by atoms with E-state index in [1.54, 1.807) is 0 Å². The van der Waals surface area contributed by atoms with Crippen LogP contribution < -0.4 is 0 Å². The highest BCUT2D eigenvalue weighted by Gasteiger charge is 2.25. The smallest absolute Gasteiger partial charge is 0.339 e. The van der Waals surface area contributed by atoms with Gasteiger partial charge in [-0.1, -0.05) is 28.7 Å². The highest BCUT2D eigenvalue weighted by Crippen LogP contribution is 2.28. The Kier molecular flexibility index (Phi) is 3.00. The summed E-state index contributed by atoms with van der Waals surface area (Å²) < 4.78 is 6.13. The first kappa shape index (κ1) is 10.9. The molecule has 15 heavy (non-hydrogen) atoms. The van der Waals surface area contributed by atoms with Crippen molar-refractivity contribution in [2.24, 2.45) is 0 Å². The fourth-order valence-electron chi connectivity index (χ4n) is 2.20. The first-order valence-electron chi connectivity index (χ1n) is 5.00. The van der Waals surface area contributed by atoms with Crippen LogP contribution in [0.2, 0.25) is 0 Å². The van der Waals surface area contributed by atoms with Gasteiger partial charge in [-0.05, 0) is 37.0 Å². The van der Waals surface area contributed by atoms with Crippen LogP contribution in [-0.4, -0.2) is 10.4 Å². The highest BCUT2D eigenvalue weighted by atomic mass is 127. The number of benzene rings is 1. The predicted molar refractivity (Wildman–Crippen MR) is 67.6 cm³/mol. The van der Waals surface area contributed by atoms with Crippen LogP contribution in [0.5, 0.6) is 0 Å². The Balaban J connectivity index is 2.59. The van der Waals surface area contributed by atoms with Crippen LogP contribution in [-0.2, 0) is 17.8 Å². The summed E-state index contributed by atoms with van der Waals surface area (Å²) in [4.78, 5) is 11.5. The molecule has 0 aliphatic carbocycles. The lowest BCUT2D eigenvalue weighted by atomic mass is 9.93. The Bertz CT molecular complexity index is 424. The molecule has 0 radical (unpaired) electrons. The van der Waals surface area contributed by atoms with E-state index in [-0.39, 0.29) is 5.97 Å². The quantitative estimate of drug-likeness (QED) is 0.476. The zero-order valence-corrected chi connectivity index (χ0v) is 11.1. The van der Waals surface area contributed by atoms with Crippen molar-refractivity contribution >= 4 is 28.6 Å². The van der Waals surface area contributed by atoms with Crippen molar-refractivity contribution in [1.82, 2.24) is 0 Å². The Labute approximate surface area is 103 Å². The average Bonchev–Trinajstić information content (AvgIpc) is 2.54. The maximum atomic E-state index is 11.5. The number of rotatable bonds is 2. The molecule has 0 unspecified atom stereocenters. The second-order valence-corrected chi connectivity index (χ2v) is 4.93. The molecule has 1 aromatic carbocycles. The minimum absolute atomic E-state index is 0.155. The van der Waals surface area contributed by atoms with Crippen molar-refractivity contribution in [2.45, 2.75) is 26.9 Å². The molecule has 0 amide bonds. The number of hydrogen-bond acceptors (Lipinski definition) is 2. The zero-order valence-electron chi connectivity index (χ0n) is 8.89. The van der Waals surface area contributed by atoms with E-state index in [2.05, 4.69) is 35.6 Å². The first-order chi connectivity index (χ1) is 7.15. The third-order valence-electron chi connectivity index (χ3n) is 2.92. The SMILES string of the molecule is Cc1cc2c(c(C)c1CCI)C(=O)OC2. The maximum Gasteiger partial charge on any atom is 0.339 e. The third-order valence-corrected chi connectivity index (χ3v) is 3.46. The van der Waals surface area contributed by atoms with Gasteiger partial charge in [0.05, 0.1) is 5.56 Å². The van der Waals surface area contributed by atoms with E-state index < -0.39 is 0 Å². The average molecular weight is 316 g/mol. The molecule has 1 heterocycles. The number of aryl methyl sites for hydroxylation is 1. The van der Waals surface area contributed by atoms with Crippen LogP contribution in [0.3, 0.4) is 0 Å². The van der Waals surface area contributed by atoms with Gasteiger partial charge in [-0.15, -0.1) is 0 Å². The molecule has 0 bridgehead atoms. The van der Waals surface area contributed by atoms with Crippen molar-refractivity contribution in [1.29, 1.82) is 0 Å². The van der Waals surface area contributed by atoms with Gasteiger partial charge in [-0.3, -0.25) is 0 Å². The van der Waals surface area contributed by atoms with Crippen molar-refractivity contribution < 1.29 is 9.53 Å². The fourth-order valence-corrected chi connectivity index (χ4v) is 2.74. The number of ether oxygens (including phenoxy) is 1. The second kappa shape index (κ2) is 4.12. The number of alkyl halides is 1. The van der Waals surface area contributed by atoms with Crippen LogP contribution in [0.15, 0.2) is 6.07 Å². The molecule has 0 N–H and O–H groups in total. The summed E-state index contributed by atoms with van der Waals surface area (Å²) in [6, 6.07) is 2.09. The summed E-state index contributed by atoms with van der Waals surface area (Å²) in [6.45, 7) is 4.58. The van der Waals surface area contributed by atoms with E-state index in [4.69, 9.17) is 4.74 Å². The third kappa shape index (κ3) is 1.77. The summed E-state index contributed by atoms with van der Waals surface area (Å²) in [5.41, 5.74) is 5.56. The Morgan fingerprint density at radius 2 is 2.20 bits per heavy atom. The molecule has 3 heteroatoms. The van der Waals surface area contributed by atoms with E-state index in [1.807, 2.05) is 6.92 Å². The molecule has 0 saturated heterocycles. The molecule has 1 aliphatic heterocycles. The summed E-state index contributed by atoms with van der Waals surface area (Å²) in [6.07, 6.45) is 1.03. The first-order valence-corrected chi connectivity index (χ1v) is 6.52. The van der Waals surface area contributed by atoms with Gasteiger partial charge in [0, 0.05) is 9.99 Å². The molecule has 2 nitrogen and oxygen atoms in total. The number of hydrogen-bond donors (Lipinski definition) is 0. The molecular formula is C12H13IO2. The zero-order chi connectivity index (χ0) is 11.0. The molecular weight excluding hydrogens is 303 g/mol. The molecule has 80 valence electrons. The van der Waals surface area contributed by atoms with Crippen LogP contribution in [0.4, 0.5) is 0 Å². The highest BCUT2D eigenvalue weighted by molar-refractivity contribution is 14.1. The molecule has 0 atom stereocenters. The molecule has 0 saturated carbocycles. The van der Waals surface area contributed by atoms with Crippen molar-refractivity contribution in [2.75, 3.05) is 4.43 Å². The van der Waals surface area contributed by atoms with Gasteiger partial charge in [-0.2, -0.15) is 0 Å². The maximum absolute atomic E-state index is 11.5. The predicted octanol–water partition coefficient (Wildman–Crippen LogP) is 2.95. The minimum Gasteiger partial charge on any atom is -0.457 e. The number of cyclic esters (lactones) is 1. The lowest BCUT2D eigenvalue weighted by Crippen LogP contribution is -2.04. The summed E-state index contributed by atoms with van der Waals surface area (Å²) in [5.74, 6) is -0.155. The van der Waals surface area contributed by atoms with Gasteiger partial charge < -0.3 is 4.74 Å². The van der Waals surface area contributed by atoms with Gasteiger partial charge in [0.25, 0.3) is 0 Å². The number of carbonyl (C=O) groups excluding carboxylic acids is 1. The van der Waals surface area contributed by atoms with E-state index in [0.29, 0.717) is 6.61 Å². The molecule has 0 aromatic heterocycles. The summed E-state index contributed by atoms with van der Waals surface area (Å²) in [5, 5.41) is 0. The monoisotopic (exact) mass is 316 g/mol. The van der Waals surface area contributed by atoms with Crippen LogP contribution in [0.25, 0.3) is 0 Å². The molecule has 1 aliphatic rings. The van der Waals surface area contributed by atoms with E-state index in [9.17, 15) is 4.79 Å². The number of esters is 1. The van der Waals surface area contributed by atoms with Crippen molar-refractivity contribution in [3.8, 4) is 0 Å². The van der Waals surface area contributed by atoms with Gasteiger partial charge in [0.1, 0.15) is 6.61 Å². The largest absolute Gasteiger partial charge is 0.457 e. The van der Waals surface area contributed by atoms with Crippen LogP contribution >= 0.6 is 22.6 Å².